The van der Waals surface area contributed by atoms with E-state index in [9.17, 15) is 19.7 Å². The number of hydrogen-bond donors (Lipinski definition) is 2. The van der Waals surface area contributed by atoms with Gasteiger partial charge in [0, 0.05) is 62.0 Å². The Morgan fingerprint density at radius 3 is 2.59 bits per heavy atom. The first-order valence-corrected chi connectivity index (χ1v) is 11.1. The lowest BCUT2D eigenvalue weighted by Crippen LogP contribution is -2.49. The molecule has 0 aliphatic carbocycles. The topological polar surface area (TPSA) is 125 Å². The van der Waals surface area contributed by atoms with E-state index in [0.717, 1.165) is 21.8 Å². The monoisotopic (exact) mass is 482 g/mol. The van der Waals surface area contributed by atoms with Gasteiger partial charge in [-0.15, -0.1) is 11.3 Å². The largest absolute Gasteiger partial charge is 0.452 e. The highest BCUT2D eigenvalue weighted by Gasteiger charge is 2.24. The number of esters is 1. The van der Waals surface area contributed by atoms with Gasteiger partial charge in [-0.05, 0) is 18.2 Å². The number of anilines is 1. The second kappa shape index (κ2) is 11.2. The molecule has 3 rings (SSSR count). The Kier molecular flexibility index (Phi) is 8.39. The number of thiophene rings is 1. The Labute approximate surface area is 193 Å². The van der Waals surface area contributed by atoms with Crippen molar-refractivity contribution in [3.8, 4) is 0 Å². The summed E-state index contributed by atoms with van der Waals surface area (Å²) in [5, 5.41) is 22.8. The Balaban J connectivity index is 1.53. The van der Waals surface area contributed by atoms with E-state index in [1.807, 2.05) is 12.1 Å². The molecule has 32 heavy (non-hydrogen) atoms. The maximum atomic E-state index is 12.5. The maximum absolute atomic E-state index is 12.5. The molecule has 1 aliphatic heterocycles. The highest BCUT2D eigenvalue weighted by molar-refractivity contribution is 7.16. The molecule has 2 N–H and O–H groups in total. The van der Waals surface area contributed by atoms with Crippen molar-refractivity contribution in [3.05, 3.63) is 55.2 Å². The van der Waals surface area contributed by atoms with E-state index in [-0.39, 0.29) is 36.0 Å². The summed E-state index contributed by atoms with van der Waals surface area (Å²) in [6, 6.07) is 7.54. The lowest BCUT2D eigenvalue weighted by atomic mass is 10.1. The fraction of sp³-hybridized carbons (Fsp3) is 0.400. The van der Waals surface area contributed by atoms with Gasteiger partial charge >= 0.3 is 5.97 Å². The van der Waals surface area contributed by atoms with Crippen molar-refractivity contribution < 1.29 is 24.4 Å². The average molecular weight is 483 g/mol. The number of rotatable bonds is 9. The van der Waals surface area contributed by atoms with Gasteiger partial charge in [-0.2, -0.15) is 0 Å². The van der Waals surface area contributed by atoms with Crippen LogP contribution in [0.25, 0.3) is 0 Å². The third-order valence-electron chi connectivity index (χ3n) is 4.92. The molecule has 10 nitrogen and oxygen atoms in total. The zero-order chi connectivity index (χ0) is 23.1. The van der Waals surface area contributed by atoms with E-state index >= 15 is 0 Å². The minimum absolute atomic E-state index is 0.0696. The van der Waals surface area contributed by atoms with Gasteiger partial charge in [0.05, 0.1) is 21.4 Å². The zero-order valence-corrected chi connectivity index (χ0v) is 18.7. The van der Waals surface area contributed by atoms with Crippen molar-refractivity contribution in [2.24, 2.45) is 0 Å². The summed E-state index contributed by atoms with van der Waals surface area (Å²) in [7, 11) is 0. The number of nitrogens with zero attached hydrogens (tertiary/aromatic N) is 3. The van der Waals surface area contributed by atoms with E-state index in [0.29, 0.717) is 26.2 Å². The summed E-state index contributed by atoms with van der Waals surface area (Å²) in [5.41, 5.74) is -0.0646. The van der Waals surface area contributed by atoms with Gasteiger partial charge in [-0.3, -0.25) is 19.8 Å². The standard InChI is InChI=1S/C20H23ClN4O6S/c21-18-4-2-15(32-18)12-23-6-8-24(9-7-23)19(27)13-31-20(28)16-11-14(25(29)30)1-3-17(16)22-5-10-26/h1-4,11,22,26H,5-10,12-13H2. The summed E-state index contributed by atoms with van der Waals surface area (Å²) < 4.78 is 5.89. The molecule has 1 amide bonds. The van der Waals surface area contributed by atoms with Crippen LogP contribution in [0.5, 0.6) is 0 Å². The molecule has 1 fully saturated rings. The molecular weight excluding hydrogens is 460 g/mol. The smallest absolute Gasteiger partial charge is 0.341 e. The minimum Gasteiger partial charge on any atom is -0.452 e. The average Bonchev–Trinajstić information content (AvgIpc) is 3.20. The zero-order valence-electron chi connectivity index (χ0n) is 17.2. The first-order chi connectivity index (χ1) is 15.4. The van der Waals surface area contributed by atoms with Crippen molar-refractivity contribution in [3.63, 3.8) is 0 Å². The van der Waals surface area contributed by atoms with Gasteiger partial charge in [0.2, 0.25) is 0 Å². The van der Waals surface area contributed by atoms with Gasteiger partial charge in [-0.1, -0.05) is 11.6 Å². The van der Waals surface area contributed by atoms with Gasteiger partial charge in [0.1, 0.15) is 0 Å². The Morgan fingerprint density at radius 1 is 1.22 bits per heavy atom. The molecular formula is C20H23ClN4O6S. The predicted octanol–water partition coefficient (Wildman–Crippen LogP) is 2.22. The molecule has 1 saturated heterocycles. The number of nitrogens with one attached hydrogen (secondary N) is 1. The molecule has 0 unspecified atom stereocenters. The molecule has 0 atom stereocenters. The number of nitro groups is 1. The van der Waals surface area contributed by atoms with Crippen LogP contribution in [0.2, 0.25) is 4.34 Å². The van der Waals surface area contributed by atoms with Crippen LogP contribution in [-0.4, -0.2) is 77.6 Å². The molecule has 0 bridgehead atoms. The number of halogens is 1. The van der Waals surface area contributed by atoms with Crippen LogP contribution in [0.3, 0.4) is 0 Å². The number of carbonyl (C=O) groups excluding carboxylic acids is 2. The van der Waals surface area contributed by atoms with Gasteiger partial charge in [0.25, 0.3) is 11.6 Å². The fourth-order valence-corrected chi connectivity index (χ4v) is 4.40. The van der Waals surface area contributed by atoms with Crippen molar-refractivity contribution >= 4 is 46.2 Å². The Morgan fingerprint density at radius 2 is 1.97 bits per heavy atom. The first kappa shape index (κ1) is 23.9. The number of benzene rings is 1. The molecule has 172 valence electrons. The van der Waals surface area contributed by atoms with Crippen molar-refractivity contribution in [2.75, 3.05) is 51.3 Å². The van der Waals surface area contributed by atoms with Crippen LogP contribution in [0, 0.1) is 10.1 Å². The lowest BCUT2D eigenvalue weighted by Gasteiger charge is -2.34. The summed E-state index contributed by atoms with van der Waals surface area (Å²) in [6.45, 7) is 2.68. The highest BCUT2D eigenvalue weighted by Crippen LogP contribution is 2.24. The molecule has 12 heteroatoms. The van der Waals surface area contributed by atoms with Crippen molar-refractivity contribution in [1.29, 1.82) is 0 Å². The van der Waals surface area contributed by atoms with E-state index in [2.05, 4.69) is 10.2 Å². The SMILES string of the molecule is O=C(OCC(=O)N1CCN(Cc2ccc(Cl)s2)CC1)c1cc([N+](=O)[O-])ccc1NCCO. The molecule has 0 spiro atoms. The van der Waals surface area contributed by atoms with Gasteiger partial charge in [-0.25, -0.2) is 4.79 Å². The molecule has 0 radical (unpaired) electrons. The Bertz CT molecular complexity index is 977. The summed E-state index contributed by atoms with van der Waals surface area (Å²) in [5.74, 6) is -1.18. The van der Waals surface area contributed by atoms with Crippen molar-refractivity contribution in [1.82, 2.24) is 9.80 Å². The molecule has 0 saturated carbocycles. The summed E-state index contributed by atoms with van der Waals surface area (Å²) >= 11 is 7.49. The minimum atomic E-state index is -0.851. The maximum Gasteiger partial charge on any atom is 0.341 e. The van der Waals surface area contributed by atoms with Crippen LogP contribution < -0.4 is 5.32 Å². The van der Waals surface area contributed by atoms with Crippen LogP contribution >= 0.6 is 22.9 Å². The van der Waals surface area contributed by atoms with E-state index < -0.39 is 17.5 Å². The molecule has 2 heterocycles. The normalized spacial score (nSPS) is 14.2. The third kappa shape index (κ3) is 6.39. The quantitative estimate of drug-likeness (QED) is 0.316. The number of non-ortho nitro benzene ring substituents is 1. The number of aliphatic hydroxyl groups excluding tert-OH is 1. The Hall–Kier alpha value is -2.73. The number of aliphatic hydroxyl groups is 1. The number of nitro benzene ring substituents is 1. The van der Waals surface area contributed by atoms with Crippen LogP contribution in [0.4, 0.5) is 11.4 Å². The second-order valence-electron chi connectivity index (χ2n) is 7.08. The van der Waals surface area contributed by atoms with Crippen LogP contribution in [0.15, 0.2) is 30.3 Å². The van der Waals surface area contributed by atoms with E-state index in [4.69, 9.17) is 21.4 Å². The second-order valence-corrected chi connectivity index (χ2v) is 8.88. The number of ether oxygens (including phenoxy) is 1. The lowest BCUT2D eigenvalue weighted by molar-refractivity contribution is -0.384. The van der Waals surface area contributed by atoms with E-state index in [1.54, 1.807) is 4.90 Å². The molecule has 1 aromatic heterocycles. The molecule has 1 aromatic carbocycles. The van der Waals surface area contributed by atoms with Crippen LogP contribution in [-0.2, 0) is 16.1 Å². The summed E-state index contributed by atoms with van der Waals surface area (Å²) in [4.78, 5) is 40.4. The highest BCUT2D eigenvalue weighted by atomic mass is 35.5. The van der Waals surface area contributed by atoms with E-state index in [1.165, 1.54) is 23.5 Å². The van der Waals surface area contributed by atoms with Crippen molar-refractivity contribution in [2.45, 2.75) is 6.54 Å². The molecule has 2 aromatic rings. The van der Waals surface area contributed by atoms with Crippen LogP contribution in [0.1, 0.15) is 15.2 Å². The number of hydrogen-bond acceptors (Lipinski definition) is 9. The number of piperazine rings is 1. The predicted molar refractivity (Wildman–Crippen MR) is 120 cm³/mol. The third-order valence-corrected chi connectivity index (χ3v) is 6.14. The van der Waals surface area contributed by atoms with Gasteiger partial charge < -0.3 is 20.1 Å². The summed E-state index contributed by atoms with van der Waals surface area (Å²) in [6.07, 6.45) is 0. The number of carbonyl (C=O) groups is 2. The van der Waals surface area contributed by atoms with Gasteiger partial charge in [0.15, 0.2) is 6.61 Å². The number of amides is 1. The fourth-order valence-electron chi connectivity index (χ4n) is 3.27. The molecule has 1 aliphatic rings. The first-order valence-electron chi connectivity index (χ1n) is 9.92.